The lowest BCUT2D eigenvalue weighted by Crippen LogP contribution is -2.26. The first-order valence-electron chi connectivity index (χ1n) is 7.19. The van der Waals surface area contributed by atoms with Crippen molar-refractivity contribution in [2.24, 2.45) is 0 Å². The smallest absolute Gasteiger partial charge is 0.159 e. The molecule has 1 aliphatic carbocycles. The van der Waals surface area contributed by atoms with Crippen LogP contribution >= 0.6 is 11.8 Å². The molecule has 0 spiro atoms. The van der Waals surface area contributed by atoms with Crippen LogP contribution < -0.4 is 0 Å². The summed E-state index contributed by atoms with van der Waals surface area (Å²) in [4.78, 5) is 13.5. The van der Waals surface area contributed by atoms with Gasteiger partial charge in [0.2, 0.25) is 0 Å². The third-order valence-electron chi connectivity index (χ3n) is 4.16. The molecule has 1 unspecified atom stereocenters. The van der Waals surface area contributed by atoms with E-state index in [1.807, 2.05) is 17.8 Å². The first-order chi connectivity index (χ1) is 9.50. The Kier molecular flexibility index (Phi) is 3.37. The molecular weight excluding hydrogens is 264 g/mol. The molecule has 0 aromatic heterocycles. The highest BCUT2D eigenvalue weighted by molar-refractivity contribution is 8.00. The van der Waals surface area contributed by atoms with E-state index in [1.54, 1.807) is 0 Å². The minimum atomic E-state index is 0.178. The second kappa shape index (κ2) is 4.92. The van der Waals surface area contributed by atoms with Crippen LogP contribution in [0.25, 0.3) is 6.08 Å². The number of thioether (sulfide) groups is 1. The van der Waals surface area contributed by atoms with Gasteiger partial charge in [0, 0.05) is 22.0 Å². The second-order valence-electron chi connectivity index (χ2n) is 6.24. The molecule has 2 aliphatic rings. The van der Waals surface area contributed by atoms with Crippen LogP contribution in [0.2, 0.25) is 0 Å². The zero-order valence-electron chi connectivity index (χ0n) is 12.1. The molecular formula is C18H20OS. The average Bonchev–Trinajstić information content (AvgIpc) is 2.82. The maximum Gasteiger partial charge on any atom is 0.159 e. The molecule has 0 saturated carbocycles. The van der Waals surface area contributed by atoms with Crippen LogP contribution in [0.4, 0.5) is 0 Å². The van der Waals surface area contributed by atoms with E-state index in [0.717, 1.165) is 24.0 Å². The number of rotatable bonds is 2. The summed E-state index contributed by atoms with van der Waals surface area (Å²) in [5, 5.41) is 0. The largest absolute Gasteiger partial charge is 0.295 e. The average molecular weight is 284 g/mol. The molecule has 1 heterocycles. The highest BCUT2D eigenvalue weighted by Crippen LogP contribution is 2.51. The van der Waals surface area contributed by atoms with Crippen molar-refractivity contribution in [2.75, 3.05) is 0 Å². The first kappa shape index (κ1) is 13.7. The van der Waals surface area contributed by atoms with E-state index in [-0.39, 0.29) is 10.7 Å². The van der Waals surface area contributed by atoms with Gasteiger partial charge >= 0.3 is 0 Å². The molecule has 2 heteroatoms. The number of Topliss-reactive ketones (excluding diaryl/α,β-unsaturated/α-hetero) is 1. The van der Waals surface area contributed by atoms with E-state index >= 15 is 0 Å². The van der Waals surface area contributed by atoms with Gasteiger partial charge in [-0.1, -0.05) is 44.7 Å². The fourth-order valence-electron chi connectivity index (χ4n) is 3.23. The van der Waals surface area contributed by atoms with Crippen molar-refractivity contribution in [2.45, 2.75) is 48.7 Å². The van der Waals surface area contributed by atoms with E-state index < -0.39 is 0 Å². The summed E-state index contributed by atoms with van der Waals surface area (Å²) in [6.07, 6.45) is 6.67. The highest BCUT2D eigenvalue weighted by Gasteiger charge is 2.37. The zero-order chi connectivity index (χ0) is 14.3. The SMILES string of the molecule is C=Cc1ccc2c(c1)C(C1=CCCC1=O)CC(C)(C)S2. The third-order valence-corrected chi connectivity index (χ3v) is 5.47. The Morgan fingerprint density at radius 3 is 2.85 bits per heavy atom. The van der Waals surface area contributed by atoms with Gasteiger partial charge in [-0.15, -0.1) is 11.8 Å². The molecule has 0 amide bonds. The number of hydrogen-bond acceptors (Lipinski definition) is 2. The summed E-state index contributed by atoms with van der Waals surface area (Å²) in [6, 6.07) is 6.51. The van der Waals surface area contributed by atoms with Gasteiger partial charge in [0.1, 0.15) is 0 Å². The number of ketones is 1. The summed E-state index contributed by atoms with van der Waals surface area (Å²) < 4.78 is 0.178. The lowest BCUT2D eigenvalue weighted by Gasteiger charge is -2.37. The molecule has 0 saturated heterocycles. The number of fused-ring (bicyclic) bond motifs is 1. The molecule has 0 N–H and O–H groups in total. The zero-order valence-corrected chi connectivity index (χ0v) is 12.9. The van der Waals surface area contributed by atoms with Gasteiger partial charge in [0.15, 0.2) is 5.78 Å². The molecule has 1 aromatic carbocycles. The maximum atomic E-state index is 12.2. The minimum Gasteiger partial charge on any atom is -0.295 e. The predicted molar refractivity (Wildman–Crippen MR) is 86.2 cm³/mol. The fourth-order valence-corrected chi connectivity index (χ4v) is 4.53. The summed E-state index contributed by atoms with van der Waals surface area (Å²) in [6.45, 7) is 8.40. The van der Waals surface area contributed by atoms with Crippen molar-refractivity contribution in [3.8, 4) is 0 Å². The van der Waals surface area contributed by atoms with Crippen LogP contribution in [0.15, 0.2) is 41.3 Å². The monoisotopic (exact) mass is 284 g/mol. The van der Waals surface area contributed by atoms with Crippen LogP contribution in [0.3, 0.4) is 0 Å². The van der Waals surface area contributed by atoms with Crippen molar-refractivity contribution < 1.29 is 4.79 Å². The molecule has 20 heavy (non-hydrogen) atoms. The van der Waals surface area contributed by atoms with Gasteiger partial charge in [-0.2, -0.15) is 0 Å². The Balaban J connectivity index is 2.10. The summed E-state index contributed by atoms with van der Waals surface area (Å²) in [5.41, 5.74) is 3.49. The summed E-state index contributed by atoms with van der Waals surface area (Å²) >= 11 is 1.92. The molecule has 1 nitrogen and oxygen atoms in total. The van der Waals surface area contributed by atoms with E-state index in [2.05, 4.69) is 44.7 Å². The van der Waals surface area contributed by atoms with Crippen LogP contribution in [0.1, 0.15) is 50.2 Å². The van der Waals surface area contributed by atoms with Crippen molar-refractivity contribution in [3.63, 3.8) is 0 Å². The van der Waals surface area contributed by atoms with Crippen molar-refractivity contribution in [3.05, 3.63) is 47.6 Å². The number of carbonyl (C=O) groups is 1. The topological polar surface area (TPSA) is 17.1 Å². The van der Waals surface area contributed by atoms with Crippen LogP contribution in [0, 0.1) is 0 Å². The molecule has 104 valence electrons. The number of allylic oxidation sites excluding steroid dienone is 2. The van der Waals surface area contributed by atoms with Crippen molar-refractivity contribution in [1.82, 2.24) is 0 Å². The molecule has 3 rings (SSSR count). The van der Waals surface area contributed by atoms with E-state index in [1.165, 1.54) is 10.5 Å². The van der Waals surface area contributed by atoms with Crippen LogP contribution in [-0.2, 0) is 4.79 Å². The quantitative estimate of drug-likeness (QED) is 0.762. The van der Waals surface area contributed by atoms with Gasteiger partial charge in [-0.25, -0.2) is 0 Å². The Bertz CT molecular complexity index is 610. The van der Waals surface area contributed by atoms with Crippen LogP contribution in [0.5, 0.6) is 0 Å². The lowest BCUT2D eigenvalue weighted by molar-refractivity contribution is -0.115. The maximum absolute atomic E-state index is 12.2. The summed E-state index contributed by atoms with van der Waals surface area (Å²) in [5.74, 6) is 0.601. The number of carbonyl (C=O) groups excluding carboxylic acids is 1. The Morgan fingerprint density at radius 1 is 1.40 bits per heavy atom. The normalized spacial score (nSPS) is 24.2. The second-order valence-corrected chi connectivity index (χ2v) is 7.99. The van der Waals surface area contributed by atoms with Gasteiger partial charge in [-0.05, 0) is 35.6 Å². The minimum absolute atomic E-state index is 0.178. The third kappa shape index (κ3) is 2.37. The van der Waals surface area contributed by atoms with Gasteiger partial charge in [-0.3, -0.25) is 4.79 Å². The molecule has 0 fully saturated rings. The van der Waals surface area contributed by atoms with Gasteiger partial charge in [0.05, 0.1) is 0 Å². The fraction of sp³-hybridized carbons (Fsp3) is 0.389. The lowest BCUT2D eigenvalue weighted by atomic mass is 9.82. The standard InChI is InChI=1S/C18H20OS/c1-4-12-8-9-17-14(10-12)15(11-18(2,3)20-17)13-6-5-7-16(13)19/h4,6,8-10,15H,1,5,7,11H2,2-3H3. The van der Waals surface area contributed by atoms with Gasteiger partial charge in [0.25, 0.3) is 0 Å². The molecule has 0 radical (unpaired) electrons. The first-order valence-corrected chi connectivity index (χ1v) is 8.00. The van der Waals surface area contributed by atoms with E-state index in [0.29, 0.717) is 12.2 Å². The molecule has 1 aliphatic heterocycles. The van der Waals surface area contributed by atoms with E-state index in [4.69, 9.17) is 0 Å². The van der Waals surface area contributed by atoms with Gasteiger partial charge < -0.3 is 0 Å². The predicted octanol–water partition coefficient (Wildman–Crippen LogP) is 4.98. The van der Waals surface area contributed by atoms with Crippen LogP contribution in [-0.4, -0.2) is 10.5 Å². The molecule has 0 bridgehead atoms. The number of benzene rings is 1. The highest BCUT2D eigenvalue weighted by atomic mass is 32.2. The van der Waals surface area contributed by atoms with Crippen molar-refractivity contribution in [1.29, 1.82) is 0 Å². The molecule has 1 atom stereocenters. The Hall–Kier alpha value is -1.28. The Labute approximate surface area is 125 Å². The van der Waals surface area contributed by atoms with Crippen molar-refractivity contribution >= 4 is 23.6 Å². The number of hydrogen-bond donors (Lipinski definition) is 0. The molecule has 1 aromatic rings. The Morgan fingerprint density at radius 2 is 2.20 bits per heavy atom. The summed E-state index contributed by atoms with van der Waals surface area (Å²) in [7, 11) is 0. The van der Waals surface area contributed by atoms with E-state index in [9.17, 15) is 4.79 Å².